The minimum atomic E-state index is -0.642. The van der Waals surface area contributed by atoms with Crippen LogP contribution in [0, 0.1) is 6.92 Å². The Kier molecular flexibility index (Phi) is 5.46. The summed E-state index contributed by atoms with van der Waals surface area (Å²) in [6.45, 7) is 7.85. The van der Waals surface area contributed by atoms with Crippen molar-refractivity contribution in [2.45, 2.75) is 51.7 Å². The van der Waals surface area contributed by atoms with Gasteiger partial charge in [-0.25, -0.2) is 0 Å². The van der Waals surface area contributed by atoms with Gasteiger partial charge in [0.25, 0.3) is 0 Å². The third-order valence-corrected chi connectivity index (χ3v) is 5.88. The lowest BCUT2D eigenvalue weighted by molar-refractivity contribution is 0.0164. The van der Waals surface area contributed by atoms with Crippen molar-refractivity contribution in [3.05, 3.63) is 65.9 Å². The number of fused-ring (bicyclic) bond motifs is 1. The van der Waals surface area contributed by atoms with Gasteiger partial charge in [-0.05, 0) is 69.0 Å². The van der Waals surface area contributed by atoms with Crippen LogP contribution >= 0.6 is 0 Å². The molecule has 1 N–H and O–H groups in total. The van der Waals surface area contributed by atoms with Crippen LogP contribution < -0.4 is 9.64 Å². The van der Waals surface area contributed by atoms with Gasteiger partial charge in [0.1, 0.15) is 5.75 Å². The fourth-order valence-corrected chi connectivity index (χ4v) is 4.24. The zero-order valence-electron chi connectivity index (χ0n) is 17.6. The summed E-state index contributed by atoms with van der Waals surface area (Å²) >= 11 is 0. The van der Waals surface area contributed by atoms with Crippen molar-refractivity contribution in [1.29, 1.82) is 0 Å². The van der Waals surface area contributed by atoms with E-state index in [4.69, 9.17) is 4.74 Å². The monoisotopic (exact) mass is 390 g/mol. The second-order valence-electron chi connectivity index (χ2n) is 8.49. The molecule has 0 amide bonds. The fraction of sp³-hybridized carbons (Fsp3) is 0.400. The van der Waals surface area contributed by atoms with Crippen LogP contribution in [0.25, 0.3) is 10.9 Å². The summed E-state index contributed by atoms with van der Waals surface area (Å²) in [7, 11) is 0. The summed E-state index contributed by atoms with van der Waals surface area (Å²) in [5.74, 6) is 0.870. The van der Waals surface area contributed by atoms with E-state index in [1.54, 1.807) is 0 Å². The molecule has 0 unspecified atom stereocenters. The lowest BCUT2D eigenvalue weighted by Crippen LogP contribution is -2.46. The molecule has 3 aromatic rings. The number of anilines is 1. The van der Waals surface area contributed by atoms with Gasteiger partial charge in [-0.2, -0.15) is 0 Å². The Labute approximate surface area is 173 Å². The van der Waals surface area contributed by atoms with Crippen LogP contribution in [0.5, 0.6) is 5.75 Å². The predicted octanol–water partition coefficient (Wildman–Crippen LogP) is 4.90. The van der Waals surface area contributed by atoms with E-state index in [9.17, 15) is 5.11 Å². The molecule has 2 aromatic carbocycles. The number of piperidine rings is 1. The highest BCUT2D eigenvalue weighted by atomic mass is 16.5. The van der Waals surface area contributed by atoms with E-state index in [-0.39, 0.29) is 6.10 Å². The molecule has 4 heteroatoms. The molecule has 0 aliphatic carbocycles. The van der Waals surface area contributed by atoms with Gasteiger partial charge in [0.2, 0.25) is 0 Å². The van der Waals surface area contributed by atoms with E-state index in [0.717, 1.165) is 49.0 Å². The van der Waals surface area contributed by atoms with Crippen LogP contribution in [0.2, 0.25) is 0 Å². The van der Waals surface area contributed by atoms with Gasteiger partial charge in [-0.3, -0.25) is 4.98 Å². The van der Waals surface area contributed by atoms with E-state index >= 15 is 0 Å². The van der Waals surface area contributed by atoms with Gasteiger partial charge in [0.05, 0.1) is 17.2 Å². The topological polar surface area (TPSA) is 45.6 Å². The molecular formula is C25H30N2O2. The van der Waals surface area contributed by atoms with Crippen molar-refractivity contribution in [2.24, 2.45) is 0 Å². The molecular weight excluding hydrogens is 360 g/mol. The Morgan fingerprint density at radius 3 is 2.59 bits per heavy atom. The second-order valence-corrected chi connectivity index (χ2v) is 8.49. The number of hydrogen-bond donors (Lipinski definition) is 1. The molecule has 4 rings (SSSR count). The lowest BCUT2D eigenvalue weighted by Gasteiger charge is -2.40. The number of benzene rings is 2. The molecule has 0 atom stereocenters. The third kappa shape index (κ3) is 4.38. The SMILES string of the molecule is Cc1ccccc1CC1(O)CCN(c2ccnc3ccc(OC(C)C)cc23)CC1. The summed E-state index contributed by atoms with van der Waals surface area (Å²) in [4.78, 5) is 6.89. The first-order valence-corrected chi connectivity index (χ1v) is 10.5. The molecule has 1 aliphatic heterocycles. The average molecular weight is 391 g/mol. The van der Waals surface area contributed by atoms with Crippen LogP contribution in [0.4, 0.5) is 5.69 Å². The van der Waals surface area contributed by atoms with Crippen molar-refractivity contribution in [2.75, 3.05) is 18.0 Å². The summed E-state index contributed by atoms with van der Waals surface area (Å²) in [5, 5.41) is 12.3. The van der Waals surface area contributed by atoms with Crippen LogP contribution in [0.1, 0.15) is 37.8 Å². The van der Waals surface area contributed by atoms with Gasteiger partial charge in [-0.1, -0.05) is 24.3 Å². The Bertz CT molecular complexity index is 991. The number of pyridine rings is 1. The van der Waals surface area contributed by atoms with E-state index in [2.05, 4.69) is 53.2 Å². The molecule has 1 fully saturated rings. The number of aryl methyl sites for hydroxylation is 1. The first-order valence-electron chi connectivity index (χ1n) is 10.5. The van der Waals surface area contributed by atoms with E-state index in [1.165, 1.54) is 16.8 Å². The lowest BCUT2D eigenvalue weighted by atomic mass is 9.84. The van der Waals surface area contributed by atoms with Crippen LogP contribution in [-0.2, 0) is 6.42 Å². The molecule has 1 aromatic heterocycles. The predicted molar refractivity (Wildman–Crippen MR) is 119 cm³/mol. The molecule has 0 bridgehead atoms. The zero-order chi connectivity index (χ0) is 20.4. The van der Waals surface area contributed by atoms with E-state index < -0.39 is 5.60 Å². The summed E-state index contributed by atoms with van der Waals surface area (Å²) in [6, 6.07) is 16.5. The normalized spacial score (nSPS) is 16.4. The minimum Gasteiger partial charge on any atom is -0.491 e. The van der Waals surface area contributed by atoms with Crippen molar-refractivity contribution in [3.63, 3.8) is 0 Å². The fourth-order valence-electron chi connectivity index (χ4n) is 4.24. The second kappa shape index (κ2) is 8.03. The Balaban J connectivity index is 1.53. The minimum absolute atomic E-state index is 0.138. The van der Waals surface area contributed by atoms with Gasteiger partial charge < -0.3 is 14.7 Å². The smallest absolute Gasteiger partial charge is 0.120 e. The van der Waals surface area contributed by atoms with Crippen molar-refractivity contribution in [1.82, 2.24) is 4.98 Å². The number of nitrogens with zero attached hydrogens (tertiary/aromatic N) is 2. The molecule has 1 aliphatic rings. The molecule has 29 heavy (non-hydrogen) atoms. The van der Waals surface area contributed by atoms with Gasteiger partial charge >= 0.3 is 0 Å². The maximum absolute atomic E-state index is 11.2. The van der Waals surface area contributed by atoms with Crippen LogP contribution in [0.15, 0.2) is 54.7 Å². The standard InChI is InChI=1S/C25H30N2O2/c1-18(2)29-21-8-9-23-22(16-21)24(10-13-26-23)27-14-11-25(28,12-15-27)17-20-7-5-4-6-19(20)3/h4-10,13,16,18,28H,11-12,14-15,17H2,1-3H3. The molecule has 4 nitrogen and oxygen atoms in total. The van der Waals surface area contributed by atoms with Crippen LogP contribution in [-0.4, -0.2) is 34.9 Å². The summed E-state index contributed by atoms with van der Waals surface area (Å²) < 4.78 is 5.89. The van der Waals surface area contributed by atoms with Gasteiger partial charge in [0.15, 0.2) is 0 Å². The first kappa shape index (κ1) is 19.7. The van der Waals surface area contributed by atoms with Crippen molar-refractivity contribution >= 4 is 16.6 Å². The van der Waals surface area contributed by atoms with Crippen molar-refractivity contribution in [3.8, 4) is 5.75 Å². The van der Waals surface area contributed by atoms with E-state index in [1.807, 2.05) is 32.2 Å². The summed E-state index contributed by atoms with van der Waals surface area (Å²) in [5.41, 5.74) is 3.99. The number of aliphatic hydroxyl groups is 1. The average Bonchev–Trinajstić information content (AvgIpc) is 2.69. The quantitative estimate of drug-likeness (QED) is 0.673. The largest absolute Gasteiger partial charge is 0.491 e. The van der Waals surface area contributed by atoms with Gasteiger partial charge in [-0.15, -0.1) is 0 Å². The van der Waals surface area contributed by atoms with Crippen molar-refractivity contribution < 1.29 is 9.84 Å². The molecule has 1 saturated heterocycles. The summed E-state index contributed by atoms with van der Waals surface area (Å²) in [6.07, 6.45) is 4.24. The Hall–Kier alpha value is -2.59. The highest BCUT2D eigenvalue weighted by molar-refractivity contribution is 5.92. The number of rotatable bonds is 5. The molecule has 152 valence electrons. The number of hydrogen-bond acceptors (Lipinski definition) is 4. The number of aromatic nitrogens is 1. The zero-order valence-corrected chi connectivity index (χ0v) is 17.6. The first-order chi connectivity index (χ1) is 13.9. The Morgan fingerprint density at radius 1 is 1.10 bits per heavy atom. The molecule has 0 saturated carbocycles. The molecule has 0 radical (unpaired) electrons. The molecule has 2 heterocycles. The maximum Gasteiger partial charge on any atom is 0.120 e. The van der Waals surface area contributed by atoms with E-state index in [0.29, 0.717) is 0 Å². The highest BCUT2D eigenvalue weighted by Gasteiger charge is 2.33. The Morgan fingerprint density at radius 2 is 1.86 bits per heavy atom. The van der Waals surface area contributed by atoms with Gasteiger partial charge in [0, 0.05) is 36.8 Å². The third-order valence-electron chi connectivity index (χ3n) is 5.88. The van der Waals surface area contributed by atoms with Crippen LogP contribution in [0.3, 0.4) is 0 Å². The molecule has 0 spiro atoms. The maximum atomic E-state index is 11.2. The number of ether oxygens (including phenoxy) is 1. The highest BCUT2D eigenvalue weighted by Crippen LogP contribution is 2.34.